The first-order valence-electron chi connectivity index (χ1n) is 8.04. The summed E-state index contributed by atoms with van der Waals surface area (Å²) in [7, 11) is 0. The number of anilines is 1. The van der Waals surface area contributed by atoms with E-state index in [4.69, 9.17) is 0 Å². The number of urea groups is 1. The number of carbonyl (C=O) groups is 2. The SMILES string of the molecule is O=C(C[NH+]1CCN(c2ccc(F)cc2)CC1)NC(=O)NC1CC1. The average molecular weight is 321 g/mol. The van der Waals surface area contributed by atoms with Crippen LogP contribution < -0.4 is 20.4 Å². The Hall–Kier alpha value is -2.15. The van der Waals surface area contributed by atoms with Crippen molar-refractivity contribution in [2.24, 2.45) is 0 Å². The number of imide groups is 1. The largest absolute Gasteiger partial charge is 0.360 e. The van der Waals surface area contributed by atoms with Crippen LogP contribution in [-0.2, 0) is 4.79 Å². The third kappa shape index (κ3) is 4.66. The second-order valence-electron chi connectivity index (χ2n) is 6.19. The zero-order valence-corrected chi connectivity index (χ0v) is 13.0. The lowest BCUT2D eigenvalue weighted by molar-refractivity contribution is -0.892. The van der Waals surface area contributed by atoms with E-state index in [-0.39, 0.29) is 23.8 Å². The van der Waals surface area contributed by atoms with E-state index in [2.05, 4.69) is 15.5 Å². The van der Waals surface area contributed by atoms with Crippen LogP contribution in [0.2, 0.25) is 0 Å². The minimum Gasteiger partial charge on any atom is -0.360 e. The number of amides is 3. The standard InChI is InChI=1S/C16H21FN4O2/c17-12-1-5-14(6-2-12)21-9-7-20(8-10-21)11-15(22)19-16(23)18-13-3-4-13/h1-2,5-6,13H,3-4,7-11H2,(H2,18,19,22,23)/p+1. The van der Waals surface area contributed by atoms with Crippen LogP contribution in [0.15, 0.2) is 24.3 Å². The predicted octanol–water partition coefficient (Wildman–Crippen LogP) is -0.481. The van der Waals surface area contributed by atoms with E-state index in [0.717, 1.165) is 49.6 Å². The van der Waals surface area contributed by atoms with Gasteiger partial charge < -0.3 is 15.1 Å². The molecule has 3 rings (SSSR count). The highest BCUT2D eigenvalue weighted by Crippen LogP contribution is 2.18. The van der Waals surface area contributed by atoms with E-state index in [9.17, 15) is 14.0 Å². The molecule has 0 unspecified atom stereocenters. The summed E-state index contributed by atoms with van der Waals surface area (Å²) in [4.78, 5) is 26.7. The fourth-order valence-electron chi connectivity index (χ4n) is 2.76. The molecule has 1 aliphatic carbocycles. The minimum atomic E-state index is -0.387. The lowest BCUT2D eigenvalue weighted by Crippen LogP contribution is -3.16. The van der Waals surface area contributed by atoms with Gasteiger partial charge in [0.2, 0.25) is 0 Å². The molecule has 2 fully saturated rings. The van der Waals surface area contributed by atoms with Crippen molar-refractivity contribution in [2.75, 3.05) is 37.6 Å². The Kier molecular flexibility index (Phi) is 4.76. The summed E-state index contributed by atoms with van der Waals surface area (Å²) in [5.41, 5.74) is 0.999. The van der Waals surface area contributed by atoms with Crippen LogP contribution in [-0.4, -0.2) is 50.7 Å². The zero-order chi connectivity index (χ0) is 16.2. The molecule has 6 nitrogen and oxygen atoms in total. The van der Waals surface area contributed by atoms with Gasteiger partial charge in [0.15, 0.2) is 6.54 Å². The van der Waals surface area contributed by atoms with Crippen LogP contribution in [0.25, 0.3) is 0 Å². The molecular weight excluding hydrogens is 299 g/mol. The van der Waals surface area contributed by atoms with Gasteiger partial charge in [-0.25, -0.2) is 9.18 Å². The molecule has 0 spiro atoms. The lowest BCUT2D eigenvalue weighted by Gasteiger charge is -2.33. The Morgan fingerprint density at radius 2 is 1.83 bits per heavy atom. The van der Waals surface area contributed by atoms with Gasteiger partial charge in [-0.3, -0.25) is 10.1 Å². The molecule has 1 saturated heterocycles. The van der Waals surface area contributed by atoms with Gasteiger partial charge in [-0.05, 0) is 37.1 Å². The number of hydrogen-bond donors (Lipinski definition) is 3. The summed E-state index contributed by atoms with van der Waals surface area (Å²) in [6.45, 7) is 3.55. The quantitative estimate of drug-likeness (QED) is 0.702. The van der Waals surface area contributed by atoms with Gasteiger partial charge in [0.25, 0.3) is 5.91 Å². The Labute approximate surface area is 134 Å². The number of benzene rings is 1. The highest BCUT2D eigenvalue weighted by Gasteiger charge is 2.26. The van der Waals surface area contributed by atoms with Crippen LogP contribution in [0.1, 0.15) is 12.8 Å². The normalized spacial score (nSPS) is 18.6. The number of piperazine rings is 1. The summed E-state index contributed by atoms with van der Waals surface area (Å²) in [6.07, 6.45) is 2.00. The fraction of sp³-hybridized carbons (Fsp3) is 0.500. The molecule has 124 valence electrons. The number of quaternary nitrogens is 1. The van der Waals surface area contributed by atoms with Crippen molar-refractivity contribution in [2.45, 2.75) is 18.9 Å². The molecule has 3 amide bonds. The van der Waals surface area contributed by atoms with Crippen LogP contribution >= 0.6 is 0 Å². The zero-order valence-electron chi connectivity index (χ0n) is 13.0. The van der Waals surface area contributed by atoms with Crippen LogP contribution in [0.4, 0.5) is 14.9 Å². The number of rotatable bonds is 4. The summed E-state index contributed by atoms with van der Waals surface area (Å²) in [5.74, 6) is -0.479. The molecule has 1 aromatic rings. The Morgan fingerprint density at radius 3 is 2.43 bits per heavy atom. The van der Waals surface area contributed by atoms with Gasteiger partial charge in [-0.15, -0.1) is 0 Å². The molecule has 0 bridgehead atoms. The molecule has 0 radical (unpaired) electrons. The van der Waals surface area contributed by atoms with Gasteiger partial charge in [0.1, 0.15) is 5.82 Å². The highest BCUT2D eigenvalue weighted by molar-refractivity contribution is 5.94. The first-order chi connectivity index (χ1) is 11.1. The van der Waals surface area contributed by atoms with Crippen molar-refractivity contribution in [3.63, 3.8) is 0 Å². The Balaban J connectivity index is 1.40. The van der Waals surface area contributed by atoms with Crippen LogP contribution in [0.3, 0.4) is 0 Å². The molecule has 1 aliphatic heterocycles. The second kappa shape index (κ2) is 6.95. The summed E-state index contributed by atoms with van der Waals surface area (Å²) in [6, 6.07) is 6.32. The number of nitrogens with one attached hydrogen (secondary N) is 3. The van der Waals surface area contributed by atoms with E-state index in [1.165, 1.54) is 12.1 Å². The Morgan fingerprint density at radius 1 is 1.17 bits per heavy atom. The van der Waals surface area contributed by atoms with Gasteiger partial charge in [-0.1, -0.05) is 0 Å². The third-order valence-electron chi connectivity index (χ3n) is 4.24. The average Bonchev–Trinajstić information content (AvgIpc) is 3.32. The Bertz CT molecular complexity index is 566. The van der Waals surface area contributed by atoms with Crippen molar-refractivity contribution in [1.29, 1.82) is 0 Å². The van der Waals surface area contributed by atoms with E-state index in [0.29, 0.717) is 6.54 Å². The van der Waals surface area contributed by atoms with E-state index in [1.807, 2.05) is 0 Å². The first kappa shape index (κ1) is 15.7. The lowest BCUT2D eigenvalue weighted by atomic mass is 10.2. The van der Waals surface area contributed by atoms with Crippen LogP contribution in [0.5, 0.6) is 0 Å². The molecule has 7 heteroatoms. The predicted molar refractivity (Wildman–Crippen MR) is 83.9 cm³/mol. The topological polar surface area (TPSA) is 65.9 Å². The number of halogens is 1. The highest BCUT2D eigenvalue weighted by atomic mass is 19.1. The number of nitrogens with zero attached hydrogens (tertiary/aromatic N) is 1. The van der Waals surface area contributed by atoms with Crippen molar-refractivity contribution in [3.8, 4) is 0 Å². The minimum absolute atomic E-state index is 0.237. The maximum Gasteiger partial charge on any atom is 0.321 e. The van der Waals surface area contributed by atoms with Gasteiger partial charge >= 0.3 is 6.03 Å². The van der Waals surface area contributed by atoms with Crippen molar-refractivity contribution in [1.82, 2.24) is 10.6 Å². The van der Waals surface area contributed by atoms with Crippen LogP contribution in [0, 0.1) is 5.82 Å². The van der Waals surface area contributed by atoms with Crippen molar-refractivity contribution >= 4 is 17.6 Å². The maximum absolute atomic E-state index is 12.9. The summed E-state index contributed by atoms with van der Waals surface area (Å²) < 4.78 is 12.9. The molecule has 1 aromatic carbocycles. The molecule has 1 saturated carbocycles. The number of carbonyl (C=O) groups excluding carboxylic acids is 2. The third-order valence-corrected chi connectivity index (χ3v) is 4.24. The molecule has 0 aromatic heterocycles. The molecule has 2 aliphatic rings. The fourth-order valence-corrected chi connectivity index (χ4v) is 2.76. The molecule has 3 N–H and O–H groups in total. The van der Waals surface area contributed by atoms with E-state index < -0.39 is 0 Å². The smallest absolute Gasteiger partial charge is 0.321 e. The molecular formula is C16H22FN4O2+. The van der Waals surface area contributed by atoms with Crippen molar-refractivity contribution in [3.05, 3.63) is 30.1 Å². The number of hydrogen-bond acceptors (Lipinski definition) is 3. The molecule has 23 heavy (non-hydrogen) atoms. The van der Waals surface area contributed by atoms with Gasteiger partial charge in [0.05, 0.1) is 26.2 Å². The monoisotopic (exact) mass is 321 g/mol. The summed E-state index contributed by atoms with van der Waals surface area (Å²) >= 11 is 0. The second-order valence-corrected chi connectivity index (χ2v) is 6.19. The maximum atomic E-state index is 12.9. The molecule has 1 heterocycles. The van der Waals surface area contributed by atoms with Crippen molar-refractivity contribution < 1.29 is 18.9 Å². The molecule has 0 atom stereocenters. The van der Waals surface area contributed by atoms with E-state index in [1.54, 1.807) is 12.1 Å². The van der Waals surface area contributed by atoms with Gasteiger partial charge in [-0.2, -0.15) is 0 Å². The summed E-state index contributed by atoms with van der Waals surface area (Å²) in [5, 5.41) is 5.12. The van der Waals surface area contributed by atoms with Gasteiger partial charge in [0, 0.05) is 11.7 Å². The van der Waals surface area contributed by atoms with E-state index >= 15 is 0 Å². The first-order valence-corrected chi connectivity index (χ1v) is 8.04.